The molecule has 2 rings (SSSR count). The summed E-state index contributed by atoms with van der Waals surface area (Å²) in [7, 11) is -4.73. The van der Waals surface area contributed by atoms with Crippen LogP contribution in [0.25, 0.3) is 0 Å². The zero-order chi connectivity index (χ0) is 17.6. The largest absolute Gasteiger partial charge is 0.460 e. The van der Waals surface area contributed by atoms with E-state index in [1.807, 2.05) is 0 Å². The van der Waals surface area contributed by atoms with Crippen LogP contribution in [0.1, 0.15) is 29.8 Å². The maximum Gasteiger partial charge on any atom is 0.374 e. The first kappa shape index (κ1) is 18.1. The van der Waals surface area contributed by atoms with Crippen LogP contribution in [0, 0.1) is 0 Å². The zero-order valence-electron chi connectivity index (χ0n) is 12.7. The number of furan rings is 1. The Kier molecular flexibility index (Phi) is 5.71. The Morgan fingerprint density at radius 3 is 2.42 bits per heavy atom. The van der Waals surface area contributed by atoms with Gasteiger partial charge in [-0.05, 0) is 37.1 Å². The van der Waals surface area contributed by atoms with Crippen LogP contribution in [0.3, 0.4) is 0 Å². The van der Waals surface area contributed by atoms with Gasteiger partial charge in [0, 0.05) is 6.42 Å². The van der Waals surface area contributed by atoms with Crippen molar-refractivity contribution in [2.45, 2.75) is 29.4 Å². The van der Waals surface area contributed by atoms with Crippen molar-refractivity contribution in [1.29, 1.82) is 0 Å². The van der Waals surface area contributed by atoms with Gasteiger partial charge in [-0.25, -0.2) is 13.2 Å². The quantitative estimate of drug-likeness (QED) is 0.532. The number of carbonyl (C=O) groups is 1. The molecule has 0 unspecified atom stereocenters. The first-order chi connectivity index (χ1) is 11.3. The normalized spacial score (nSPS) is 12.1. The molecular weight excluding hydrogens is 342 g/mol. The molecule has 0 atom stereocenters. The molecule has 0 radical (unpaired) electrons. The van der Waals surface area contributed by atoms with E-state index in [0.29, 0.717) is 0 Å². The topological polar surface area (TPSA) is 73.6 Å². The van der Waals surface area contributed by atoms with Crippen LogP contribution in [0.4, 0.5) is 8.78 Å². The number of rotatable bonds is 8. The van der Waals surface area contributed by atoms with Crippen molar-refractivity contribution in [3.05, 3.63) is 54.5 Å². The lowest BCUT2D eigenvalue weighted by atomic mass is 10.2. The van der Waals surface area contributed by atoms with Gasteiger partial charge >= 0.3 is 11.2 Å². The average molecular weight is 358 g/mol. The Balaban J connectivity index is 1.81. The molecule has 0 amide bonds. The third-order valence-corrected chi connectivity index (χ3v) is 5.15. The van der Waals surface area contributed by atoms with Crippen LogP contribution < -0.4 is 0 Å². The van der Waals surface area contributed by atoms with Gasteiger partial charge in [-0.2, -0.15) is 8.78 Å². The Labute approximate surface area is 138 Å². The maximum absolute atomic E-state index is 14.0. The van der Waals surface area contributed by atoms with E-state index in [9.17, 15) is 22.0 Å². The molecule has 0 fully saturated rings. The van der Waals surface area contributed by atoms with Gasteiger partial charge in [-0.15, -0.1) is 0 Å². The van der Waals surface area contributed by atoms with E-state index in [1.165, 1.54) is 30.5 Å². The van der Waals surface area contributed by atoms with Crippen LogP contribution >= 0.6 is 0 Å². The fourth-order valence-corrected chi connectivity index (χ4v) is 3.24. The van der Waals surface area contributed by atoms with Gasteiger partial charge in [-0.1, -0.05) is 18.2 Å². The predicted octanol–water partition coefficient (Wildman–Crippen LogP) is 3.67. The third-order valence-electron chi connectivity index (χ3n) is 3.26. The van der Waals surface area contributed by atoms with Crippen molar-refractivity contribution in [2.24, 2.45) is 0 Å². The van der Waals surface area contributed by atoms with Gasteiger partial charge in [0.25, 0.3) is 0 Å². The number of halogens is 2. The fraction of sp³-hybridized carbons (Fsp3) is 0.312. The number of benzene rings is 1. The number of unbranched alkanes of at least 4 members (excludes halogenated alkanes) is 1. The Bertz CT molecular complexity index is 755. The van der Waals surface area contributed by atoms with Crippen molar-refractivity contribution in [2.75, 3.05) is 6.61 Å². The summed E-state index contributed by atoms with van der Waals surface area (Å²) in [5.41, 5.74) is 0. The van der Waals surface area contributed by atoms with Crippen molar-refractivity contribution in [1.82, 2.24) is 0 Å². The SMILES string of the molecule is O=C(OCCCCC(F)(F)S(=O)(=O)c1ccccc1)c1ccco1. The highest BCUT2D eigenvalue weighted by Gasteiger charge is 2.45. The summed E-state index contributed by atoms with van der Waals surface area (Å²) in [6.45, 7) is -0.0962. The number of hydrogen-bond acceptors (Lipinski definition) is 5. The number of carbonyl (C=O) groups excluding carboxylic acids is 1. The first-order valence-corrected chi connectivity index (χ1v) is 8.71. The molecule has 8 heteroatoms. The smallest absolute Gasteiger partial charge is 0.374 e. The molecule has 0 aliphatic carbocycles. The van der Waals surface area contributed by atoms with Gasteiger partial charge in [0.05, 0.1) is 17.8 Å². The summed E-state index contributed by atoms with van der Waals surface area (Å²) in [4.78, 5) is 11.0. The molecule has 0 saturated carbocycles. The lowest BCUT2D eigenvalue weighted by Crippen LogP contribution is -2.29. The molecule has 24 heavy (non-hydrogen) atoms. The molecule has 1 heterocycles. The highest BCUT2D eigenvalue weighted by molar-refractivity contribution is 7.92. The second kappa shape index (κ2) is 7.57. The van der Waals surface area contributed by atoms with Gasteiger partial charge in [0.1, 0.15) is 0 Å². The number of ether oxygens (including phenoxy) is 1. The highest BCUT2D eigenvalue weighted by Crippen LogP contribution is 2.33. The summed E-state index contributed by atoms with van der Waals surface area (Å²) in [6.07, 6.45) is 0.477. The van der Waals surface area contributed by atoms with Crippen LogP contribution in [0.2, 0.25) is 0 Å². The monoisotopic (exact) mass is 358 g/mol. The molecule has 0 saturated heterocycles. The summed E-state index contributed by atoms with van der Waals surface area (Å²) >= 11 is 0. The molecule has 2 aromatic rings. The summed E-state index contributed by atoms with van der Waals surface area (Å²) in [6, 6.07) is 9.52. The number of hydrogen-bond donors (Lipinski definition) is 0. The van der Waals surface area contributed by atoms with Crippen LogP contribution in [0.5, 0.6) is 0 Å². The minimum absolute atomic E-state index is 0.0204. The number of esters is 1. The van der Waals surface area contributed by atoms with Crippen LogP contribution in [-0.4, -0.2) is 26.2 Å². The molecule has 0 aliphatic heterocycles. The van der Waals surface area contributed by atoms with Crippen molar-refractivity contribution < 1.29 is 31.1 Å². The molecular formula is C16H16F2O5S. The standard InChI is InChI=1S/C16H16F2O5S/c17-16(18,24(20,21)13-7-2-1-3-8-13)10-4-5-11-23-15(19)14-9-6-12-22-14/h1-3,6-9,12H,4-5,10-11H2. The van der Waals surface area contributed by atoms with Gasteiger partial charge < -0.3 is 9.15 Å². The van der Waals surface area contributed by atoms with Gasteiger partial charge in [-0.3, -0.25) is 0 Å². The fourth-order valence-electron chi connectivity index (χ4n) is 1.97. The van der Waals surface area contributed by atoms with Crippen LogP contribution in [0.15, 0.2) is 58.0 Å². The van der Waals surface area contributed by atoms with Crippen molar-refractivity contribution in [3.63, 3.8) is 0 Å². The molecule has 1 aromatic carbocycles. The second-order valence-electron chi connectivity index (χ2n) is 5.02. The Morgan fingerprint density at radius 2 is 1.79 bits per heavy atom. The zero-order valence-corrected chi connectivity index (χ0v) is 13.5. The molecule has 0 N–H and O–H groups in total. The van der Waals surface area contributed by atoms with Crippen molar-refractivity contribution >= 4 is 15.8 Å². The highest BCUT2D eigenvalue weighted by atomic mass is 32.2. The molecule has 1 aromatic heterocycles. The van der Waals surface area contributed by atoms with E-state index in [4.69, 9.17) is 9.15 Å². The van der Waals surface area contributed by atoms with E-state index < -0.39 is 32.4 Å². The Hall–Kier alpha value is -2.22. The lowest BCUT2D eigenvalue weighted by Gasteiger charge is -2.16. The number of alkyl halides is 2. The molecule has 0 aliphatic rings. The van der Waals surface area contributed by atoms with E-state index in [0.717, 1.165) is 12.1 Å². The van der Waals surface area contributed by atoms with Crippen LogP contribution in [-0.2, 0) is 14.6 Å². The molecule has 5 nitrogen and oxygen atoms in total. The molecule has 130 valence electrons. The maximum atomic E-state index is 14.0. The minimum atomic E-state index is -4.73. The molecule has 0 spiro atoms. The Morgan fingerprint density at radius 1 is 1.08 bits per heavy atom. The van der Waals surface area contributed by atoms with E-state index >= 15 is 0 Å². The van der Waals surface area contributed by atoms with Gasteiger partial charge in [0.15, 0.2) is 0 Å². The number of sulfone groups is 1. The second-order valence-corrected chi connectivity index (χ2v) is 7.10. The van der Waals surface area contributed by atoms with Gasteiger partial charge in [0.2, 0.25) is 15.6 Å². The summed E-state index contributed by atoms with van der Waals surface area (Å²) < 4.78 is 61.5. The predicted molar refractivity (Wildman–Crippen MR) is 81.4 cm³/mol. The average Bonchev–Trinajstić information content (AvgIpc) is 3.09. The van der Waals surface area contributed by atoms with Crippen molar-refractivity contribution in [3.8, 4) is 0 Å². The minimum Gasteiger partial charge on any atom is -0.460 e. The van der Waals surface area contributed by atoms with E-state index in [2.05, 4.69) is 0 Å². The summed E-state index contributed by atoms with van der Waals surface area (Å²) in [5, 5.41) is -3.88. The molecule has 0 bridgehead atoms. The third kappa shape index (κ3) is 4.19. The lowest BCUT2D eigenvalue weighted by molar-refractivity contribution is 0.0441. The van der Waals surface area contributed by atoms with E-state index in [1.54, 1.807) is 6.07 Å². The summed E-state index contributed by atoms with van der Waals surface area (Å²) in [5.74, 6) is -0.671. The first-order valence-electron chi connectivity index (χ1n) is 7.23. The van der Waals surface area contributed by atoms with E-state index in [-0.39, 0.29) is 25.2 Å².